The van der Waals surface area contributed by atoms with Crippen LogP contribution in [0.4, 0.5) is 21.5 Å². The van der Waals surface area contributed by atoms with E-state index in [1.807, 2.05) is 18.2 Å². The third-order valence-corrected chi connectivity index (χ3v) is 4.10. The molecule has 6 heteroatoms. The number of nitrogens with one attached hydrogen (secondary N) is 3. The van der Waals surface area contributed by atoms with Gasteiger partial charge in [0.05, 0.1) is 0 Å². The molecule has 2 aromatic carbocycles. The first-order valence-electron chi connectivity index (χ1n) is 8.27. The summed E-state index contributed by atoms with van der Waals surface area (Å²) in [5.74, 6) is -0.623. The molecule has 2 aromatic rings. The van der Waals surface area contributed by atoms with Gasteiger partial charge in [-0.1, -0.05) is 6.07 Å². The number of benzene rings is 2. The van der Waals surface area contributed by atoms with Gasteiger partial charge in [0.25, 0.3) is 0 Å². The number of halogens is 1. The van der Waals surface area contributed by atoms with E-state index in [4.69, 9.17) is 0 Å². The van der Waals surface area contributed by atoms with Crippen molar-refractivity contribution in [3.63, 3.8) is 0 Å². The maximum Gasteiger partial charge on any atom is 0.246 e. The van der Waals surface area contributed by atoms with Gasteiger partial charge in [0, 0.05) is 23.5 Å². The summed E-state index contributed by atoms with van der Waals surface area (Å²) in [6.07, 6.45) is 2.13. The van der Waals surface area contributed by atoms with Crippen LogP contribution >= 0.6 is 0 Å². The van der Waals surface area contributed by atoms with Crippen LogP contribution in [0, 0.1) is 5.82 Å². The molecule has 0 bridgehead atoms. The molecule has 0 saturated carbocycles. The molecular formula is C19H20FN3O2. The van der Waals surface area contributed by atoms with Crippen molar-refractivity contribution in [2.45, 2.75) is 32.2 Å². The van der Waals surface area contributed by atoms with Crippen molar-refractivity contribution >= 4 is 28.9 Å². The molecule has 3 N–H and O–H groups in total. The third-order valence-electron chi connectivity index (χ3n) is 4.10. The van der Waals surface area contributed by atoms with Gasteiger partial charge in [-0.2, -0.15) is 0 Å². The van der Waals surface area contributed by atoms with Gasteiger partial charge in [0.15, 0.2) is 0 Å². The van der Waals surface area contributed by atoms with Crippen LogP contribution in [-0.2, 0) is 16.0 Å². The lowest BCUT2D eigenvalue weighted by molar-refractivity contribution is -0.117. The fourth-order valence-electron chi connectivity index (χ4n) is 2.80. The molecule has 0 fully saturated rings. The lowest BCUT2D eigenvalue weighted by Gasteiger charge is -2.17. The third kappa shape index (κ3) is 4.35. The standard InChI is InChI=1S/C19H20FN3O2/c1-12(19(25)22-15-6-3-5-14(20)11-15)21-16-8-9-17-13(10-16)4-2-7-18(24)23-17/h3,5-6,8-12,21H,2,4,7H2,1H3,(H,22,25)(H,23,24)/t12-/m1/s1. The molecule has 0 unspecified atom stereocenters. The van der Waals surface area contributed by atoms with Gasteiger partial charge in [-0.15, -0.1) is 0 Å². The Hall–Kier alpha value is -2.89. The highest BCUT2D eigenvalue weighted by molar-refractivity contribution is 5.96. The fourth-order valence-corrected chi connectivity index (χ4v) is 2.80. The molecule has 0 saturated heterocycles. The van der Waals surface area contributed by atoms with Crippen molar-refractivity contribution in [2.75, 3.05) is 16.0 Å². The molecule has 0 spiro atoms. The normalized spacial score (nSPS) is 14.7. The number of hydrogen-bond donors (Lipinski definition) is 3. The largest absolute Gasteiger partial charge is 0.374 e. The Morgan fingerprint density at radius 2 is 2.00 bits per heavy atom. The summed E-state index contributed by atoms with van der Waals surface area (Å²) in [5, 5.41) is 8.70. The Balaban J connectivity index is 1.66. The van der Waals surface area contributed by atoms with Gasteiger partial charge < -0.3 is 16.0 Å². The molecule has 5 nitrogen and oxygen atoms in total. The topological polar surface area (TPSA) is 70.2 Å². The molecule has 0 aliphatic carbocycles. The number of rotatable bonds is 4. The Kier molecular flexibility index (Phi) is 4.97. The molecule has 1 aliphatic heterocycles. The van der Waals surface area contributed by atoms with E-state index >= 15 is 0 Å². The predicted octanol–water partition coefficient (Wildman–Crippen LogP) is 3.54. The Morgan fingerprint density at radius 3 is 2.80 bits per heavy atom. The van der Waals surface area contributed by atoms with Gasteiger partial charge in [0.1, 0.15) is 11.9 Å². The lowest BCUT2D eigenvalue weighted by atomic mass is 10.1. The van der Waals surface area contributed by atoms with Gasteiger partial charge >= 0.3 is 0 Å². The second-order valence-corrected chi connectivity index (χ2v) is 6.14. The van der Waals surface area contributed by atoms with Crippen molar-refractivity contribution in [1.29, 1.82) is 0 Å². The molecule has 3 rings (SSSR count). The molecule has 1 atom stereocenters. The van der Waals surface area contributed by atoms with Crippen LogP contribution in [0.25, 0.3) is 0 Å². The zero-order valence-corrected chi connectivity index (χ0v) is 13.9. The monoisotopic (exact) mass is 341 g/mol. The quantitative estimate of drug-likeness (QED) is 0.797. The maximum absolute atomic E-state index is 13.2. The lowest BCUT2D eigenvalue weighted by Crippen LogP contribution is -2.31. The van der Waals surface area contributed by atoms with E-state index in [-0.39, 0.29) is 11.8 Å². The van der Waals surface area contributed by atoms with Crippen molar-refractivity contribution in [2.24, 2.45) is 0 Å². The average Bonchev–Trinajstić information content (AvgIpc) is 2.75. The zero-order valence-electron chi connectivity index (χ0n) is 13.9. The van der Waals surface area contributed by atoms with E-state index in [0.29, 0.717) is 12.1 Å². The fraction of sp³-hybridized carbons (Fsp3) is 0.263. The summed E-state index contributed by atoms with van der Waals surface area (Å²) >= 11 is 0. The summed E-state index contributed by atoms with van der Waals surface area (Å²) in [5.41, 5.74) is 3.10. The van der Waals surface area contributed by atoms with E-state index in [1.54, 1.807) is 19.1 Å². The molecule has 1 heterocycles. The molecular weight excluding hydrogens is 321 g/mol. The number of carbonyl (C=O) groups is 2. The minimum atomic E-state index is -0.498. The van der Waals surface area contributed by atoms with Crippen molar-refractivity contribution < 1.29 is 14.0 Å². The summed E-state index contributed by atoms with van der Waals surface area (Å²) in [4.78, 5) is 23.9. The number of hydrogen-bond acceptors (Lipinski definition) is 3. The van der Waals surface area contributed by atoms with Crippen LogP contribution in [0.5, 0.6) is 0 Å². The smallest absolute Gasteiger partial charge is 0.246 e. The van der Waals surface area contributed by atoms with Crippen LogP contribution in [-0.4, -0.2) is 17.9 Å². The molecule has 130 valence electrons. The molecule has 1 aliphatic rings. The highest BCUT2D eigenvalue weighted by Crippen LogP contribution is 2.25. The average molecular weight is 341 g/mol. The van der Waals surface area contributed by atoms with Crippen LogP contribution in [0.2, 0.25) is 0 Å². The number of aryl methyl sites for hydroxylation is 1. The summed E-state index contributed by atoms with van der Waals surface area (Å²) in [6.45, 7) is 1.74. The zero-order chi connectivity index (χ0) is 17.8. The van der Waals surface area contributed by atoms with Gasteiger partial charge in [-0.3, -0.25) is 9.59 Å². The minimum absolute atomic E-state index is 0.0299. The van der Waals surface area contributed by atoms with Crippen LogP contribution in [0.3, 0.4) is 0 Å². The van der Waals surface area contributed by atoms with E-state index in [2.05, 4.69) is 16.0 Å². The van der Waals surface area contributed by atoms with Crippen LogP contribution in [0.15, 0.2) is 42.5 Å². The van der Waals surface area contributed by atoms with E-state index in [0.717, 1.165) is 29.8 Å². The van der Waals surface area contributed by atoms with Crippen molar-refractivity contribution in [3.8, 4) is 0 Å². The summed E-state index contributed by atoms with van der Waals surface area (Å²) in [6, 6.07) is 10.9. The van der Waals surface area contributed by atoms with Gasteiger partial charge in [-0.05, 0) is 61.7 Å². The first-order chi connectivity index (χ1) is 12.0. The minimum Gasteiger partial charge on any atom is -0.374 e. The number of carbonyl (C=O) groups excluding carboxylic acids is 2. The van der Waals surface area contributed by atoms with Gasteiger partial charge in [0.2, 0.25) is 11.8 Å². The Bertz CT molecular complexity index is 807. The summed E-state index contributed by atoms with van der Waals surface area (Å²) < 4.78 is 13.2. The highest BCUT2D eigenvalue weighted by atomic mass is 19.1. The second kappa shape index (κ2) is 7.34. The highest BCUT2D eigenvalue weighted by Gasteiger charge is 2.16. The number of amides is 2. The van der Waals surface area contributed by atoms with E-state index in [9.17, 15) is 14.0 Å². The Morgan fingerprint density at radius 1 is 1.16 bits per heavy atom. The van der Waals surface area contributed by atoms with Crippen LogP contribution < -0.4 is 16.0 Å². The van der Waals surface area contributed by atoms with Crippen molar-refractivity contribution in [1.82, 2.24) is 0 Å². The maximum atomic E-state index is 13.2. The van der Waals surface area contributed by atoms with Crippen LogP contribution in [0.1, 0.15) is 25.3 Å². The molecule has 25 heavy (non-hydrogen) atoms. The molecule has 0 aromatic heterocycles. The first-order valence-corrected chi connectivity index (χ1v) is 8.27. The number of anilines is 3. The van der Waals surface area contributed by atoms with Crippen molar-refractivity contribution in [3.05, 3.63) is 53.8 Å². The predicted molar refractivity (Wildman–Crippen MR) is 96.1 cm³/mol. The SMILES string of the molecule is C[C@@H](Nc1ccc2c(c1)CCCC(=O)N2)C(=O)Nc1cccc(F)c1. The first kappa shape index (κ1) is 17.0. The number of fused-ring (bicyclic) bond motifs is 1. The molecule has 0 radical (unpaired) electrons. The van der Waals surface area contributed by atoms with Gasteiger partial charge in [-0.25, -0.2) is 4.39 Å². The second-order valence-electron chi connectivity index (χ2n) is 6.14. The van der Waals surface area contributed by atoms with E-state index < -0.39 is 11.9 Å². The Labute approximate surface area is 145 Å². The summed E-state index contributed by atoms with van der Waals surface area (Å²) in [7, 11) is 0. The molecule has 2 amide bonds. The van der Waals surface area contributed by atoms with E-state index in [1.165, 1.54) is 12.1 Å².